The third kappa shape index (κ3) is 5.60. The van der Waals surface area contributed by atoms with Gasteiger partial charge in [-0.2, -0.15) is 0 Å². The van der Waals surface area contributed by atoms with Gasteiger partial charge < -0.3 is 19.8 Å². The SMILES string of the molecule is COC(=O)C(N)C(C)OC(=O)CCSO. The summed E-state index contributed by atoms with van der Waals surface area (Å²) in [4.78, 5) is 22.0. The molecule has 0 bridgehead atoms. The van der Waals surface area contributed by atoms with Crippen LogP contribution in [0.2, 0.25) is 0 Å². The highest BCUT2D eigenvalue weighted by molar-refractivity contribution is 7.93. The van der Waals surface area contributed by atoms with E-state index in [1.54, 1.807) is 0 Å². The number of carbonyl (C=O) groups is 2. The Balaban J connectivity index is 3.95. The first kappa shape index (κ1) is 14.2. The Labute approximate surface area is 92.3 Å². The van der Waals surface area contributed by atoms with Gasteiger partial charge in [0.2, 0.25) is 0 Å². The predicted molar refractivity (Wildman–Crippen MR) is 55.2 cm³/mol. The van der Waals surface area contributed by atoms with Crippen molar-refractivity contribution in [1.29, 1.82) is 0 Å². The molecule has 0 aromatic heterocycles. The summed E-state index contributed by atoms with van der Waals surface area (Å²) in [5.74, 6) is -0.894. The molecule has 0 aliphatic carbocycles. The molecule has 0 aromatic rings. The van der Waals surface area contributed by atoms with Crippen molar-refractivity contribution in [2.75, 3.05) is 12.9 Å². The smallest absolute Gasteiger partial charge is 0.326 e. The lowest BCUT2D eigenvalue weighted by molar-refractivity contribution is -0.154. The van der Waals surface area contributed by atoms with E-state index in [9.17, 15) is 9.59 Å². The summed E-state index contributed by atoms with van der Waals surface area (Å²) in [6.45, 7) is 1.51. The molecule has 0 aliphatic heterocycles. The van der Waals surface area contributed by atoms with E-state index in [0.29, 0.717) is 12.0 Å². The molecule has 2 unspecified atom stereocenters. The van der Waals surface area contributed by atoms with E-state index in [4.69, 9.17) is 15.0 Å². The molecule has 88 valence electrons. The Kier molecular flexibility index (Phi) is 7.10. The summed E-state index contributed by atoms with van der Waals surface area (Å²) in [6, 6.07) is -0.985. The molecular weight excluding hydrogens is 222 g/mol. The van der Waals surface area contributed by atoms with Crippen LogP contribution in [0, 0.1) is 0 Å². The molecule has 2 atom stereocenters. The summed E-state index contributed by atoms with van der Waals surface area (Å²) in [5.41, 5.74) is 5.44. The van der Waals surface area contributed by atoms with Crippen LogP contribution < -0.4 is 5.73 Å². The predicted octanol–water partition coefficient (Wildman–Crippen LogP) is 0.0147. The van der Waals surface area contributed by atoms with E-state index in [2.05, 4.69) is 4.74 Å². The lowest BCUT2D eigenvalue weighted by Gasteiger charge is -2.17. The van der Waals surface area contributed by atoms with Gasteiger partial charge in [0.15, 0.2) is 0 Å². The highest BCUT2D eigenvalue weighted by Gasteiger charge is 2.24. The molecule has 0 heterocycles. The number of carbonyl (C=O) groups excluding carboxylic acids is 2. The van der Waals surface area contributed by atoms with Crippen LogP contribution in [-0.2, 0) is 19.1 Å². The number of ether oxygens (including phenoxy) is 2. The Morgan fingerprint density at radius 3 is 2.60 bits per heavy atom. The van der Waals surface area contributed by atoms with E-state index >= 15 is 0 Å². The van der Waals surface area contributed by atoms with Crippen LogP contribution in [0.1, 0.15) is 13.3 Å². The zero-order valence-corrected chi connectivity index (χ0v) is 9.45. The van der Waals surface area contributed by atoms with Crippen molar-refractivity contribution in [3.8, 4) is 0 Å². The molecule has 0 aliphatic rings. The van der Waals surface area contributed by atoms with Crippen LogP contribution >= 0.6 is 12.0 Å². The molecule has 0 spiro atoms. The summed E-state index contributed by atoms with van der Waals surface area (Å²) >= 11 is 0.553. The van der Waals surface area contributed by atoms with Crippen LogP contribution in [-0.4, -0.2) is 41.5 Å². The van der Waals surface area contributed by atoms with Crippen LogP contribution in [0.5, 0.6) is 0 Å². The topological polar surface area (TPSA) is 98.9 Å². The van der Waals surface area contributed by atoms with Gasteiger partial charge >= 0.3 is 11.9 Å². The summed E-state index contributed by atoms with van der Waals surface area (Å²) in [5, 5.41) is 0. The minimum Gasteiger partial charge on any atom is -0.468 e. The second-order valence-corrected chi connectivity index (χ2v) is 3.49. The molecule has 6 nitrogen and oxygen atoms in total. The summed E-state index contributed by atoms with van der Waals surface area (Å²) in [7, 11) is 1.21. The standard InChI is InChI=1S/C8H15NO5S/c1-5(7(9)8(11)13-2)14-6(10)3-4-15-12/h5,7,12H,3-4,9H2,1-2H3. The van der Waals surface area contributed by atoms with Gasteiger partial charge in [-0.25, -0.2) is 0 Å². The zero-order valence-electron chi connectivity index (χ0n) is 8.63. The first-order valence-electron chi connectivity index (χ1n) is 4.32. The third-order valence-electron chi connectivity index (χ3n) is 1.69. The fourth-order valence-electron chi connectivity index (χ4n) is 0.796. The van der Waals surface area contributed by atoms with Gasteiger partial charge in [-0.05, 0) is 19.0 Å². The van der Waals surface area contributed by atoms with Crippen molar-refractivity contribution in [1.82, 2.24) is 0 Å². The molecule has 0 amide bonds. The molecule has 0 saturated heterocycles. The number of rotatable bonds is 6. The molecule has 0 saturated carbocycles. The maximum absolute atomic E-state index is 11.1. The van der Waals surface area contributed by atoms with Crippen molar-refractivity contribution in [3.05, 3.63) is 0 Å². The molecule has 15 heavy (non-hydrogen) atoms. The summed E-state index contributed by atoms with van der Waals surface area (Å²) < 4.78 is 17.6. The van der Waals surface area contributed by atoms with Gasteiger partial charge in [0, 0.05) is 5.75 Å². The van der Waals surface area contributed by atoms with Crippen LogP contribution in [0.25, 0.3) is 0 Å². The van der Waals surface area contributed by atoms with Crippen molar-refractivity contribution in [3.63, 3.8) is 0 Å². The van der Waals surface area contributed by atoms with Crippen molar-refractivity contribution in [2.24, 2.45) is 5.73 Å². The van der Waals surface area contributed by atoms with Gasteiger partial charge in [0.05, 0.1) is 13.5 Å². The number of hydrogen-bond acceptors (Lipinski definition) is 7. The molecular formula is C8H15NO5S. The molecule has 3 N–H and O–H groups in total. The largest absolute Gasteiger partial charge is 0.468 e. The van der Waals surface area contributed by atoms with Gasteiger partial charge in [-0.3, -0.25) is 9.59 Å². The Morgan fingerprint density at radius 1 is 1.53 bits per heavy atom. The monoisotopic (exact) mass is 237 g/mol. The lowest BCUT2D eigenvalue weighted by Crippen LogP contribution is -2.43. The second kappa shape index (κ2) is 7.49. The number of esters is 2. The van der Waals surface area contributed by atoms with E-state index in [1.165, 1.54) is 14.0 Å². The Morgan fingerprint density at radius 2 is 2.13 bits per heavy atom. The fourth-order valence-corrected chi connectivity index (χ4v) is 1.05. The van der Waals surface area contributed by atoms with Crippen LogP contribution in [0.4, 0.5) is 0 Å². The van der Waals surface area contributed by atoms with E-state index < -0.39 is 24.1 Å². The van der Waals surface area contributed by atoms with E-state index in [0.717, 1.165) is 0 Å². The van der Waals surface area contributed by atoms with Crippen molar-refractivity contribution in [2.45, 2.75) is 25.5 Å². The van der Waals surface area contributed by atoms with E-state index in [1.807, 2.05) is 0 Å². The molecule has 0 radical (unpaired) electrons. The zero-order chi connectivity index (χ0) is 11.8. The molecule has 0 aromatic carbocycles. The van der Waals surface area contributed by atoms with Gasteiger partial charge in [0.1, 0.15) is 12.1 Å². The normalized spacial score (nSPS) is 14.1. The third-order valence-corrected chi connectivity index (χ3v) is 2.08. The first-order chi connectivity index (χ1) is 7.02. The fraction of sp³-hybridized carbons (Fsp3) is 0.750. The van der Waals surface area contributed by atoms with Crippen molar-refractivity contribution < 1.29 is 23.6 Å². The highest BCUT2D eigenvalue weighted by atomic mass is 32.2. The van der Waals surface area contributed by atoms with E-state index in [-0.39, 0.29) is 12.2 Å². The molecule has 0 rings (SSSR count). The quantitative estimate of drug-likeness (QED) is 0.496. The Bertz CT molecular complexity index is 223. The highest BCUT2D eigenvalue weighted by Crippen LogP contribution is 2.03. The number of hydrogen-bond donors (Lipinski definition) is 2. The summed E-state index contributed by atoms with van der Waals surface area (Å²) in [6.07, 6.45) is -0.673. The number of nitrogens with two attached hydrogens (primary N) is 1. The first-order valence-corrected chi connectivity index (χ1v) is 5.26. The lowest BCUT2D eigenvalue weighted by atomic mass is 10.2. The molecule has 7 heteroatoms. The van der Waals surface area contributed by atoms with Gasteiger partial charge in [0.25, 0.3) is 0 Å². The van der Waals surface area contributed by atoms with Gasteiger partial charge in [-0.15, -0.1) is 0 Å². The maximum Gasteiger partial charge on any atom is 0.326 e. The maximum atomic E-state index is 11.1. The van der Waals surface area contributed by atoms with Crippen LogP contribution in [0.3, 0.4) is 0 Å². The molecule has 0 fully saturated rings. The van der Waals surface area contributed by atoms with Gasteiger partial charge in [-0.1, -0.05) is 0 Å². The minimum absolute atomic E-state index is 0.0688. The average Bonchev–Trinajstić information content (AvgIpc) is 2.23. The number of methoxy groups -OCH3 is 1. The minimum atomic E-state index is -0.985. The van der Waals surface area contributed by atoms with Crippen LogP contribution in [0.15, 0.2) is 0 Å². The van der Waals surface area contributed by atoms with Crippen molar-refractivity contribution >= 4 is 24.0 Å². The Hall–Kier alpha value is -0.790. The second-order valence-electron chi connectivity index (χ2n) is 2.83. The average molecular weight is 237 g/mol.